The number of hydrogen-bond acceptors (Lipinski definition) is 3. The summed E-state index contributed by atoms with van der Waals surface area (Å²) in [6.45, 7) is 7.33. The monoisotopic (exact) mass is 282 g/mol. The van der Waals surface area contributed by atoms with Gasteiger partial charge in [0.05, 0.1) is 0 Å². The minimum atomic E-state index is -0.357. The SMILES string of the molecule is CN(C)CCNC(=O)[C@@H]1CCCC[C@@H]1C(=O)C(C)(C)C. The van der Waals surface area contributed by atoms with Gasteiger partial charge in [0.15, 0.2) is 0 Å². The molecule has 1 fully saturated rings. The smallest absolute Gasteiger partial charge is 0.223 e. The average Bonchev–Trinajstić information content (AvgIpc) is 2.36. The van der Waals surface area contributed by atoms with Crippen LogP contribution in [0.25, 0.3) is 0 Å². The number of Topliss-reactive ketones (excluding diaryl/α,β-unsaturated/α-hetero) is 1. The van der Waals surface area contributed by atoms with Gasteiger partial charge in [0, 0.05) is 30.3 Å². The fourth-order valence-electron chi connectivity index (χ4n) is 2.85. The number of nitrogens with one attached hydrogen (secondary N) is 1. The van der Waals surface area contributed by atoms with E-state index in [1.54, 1.807) is 0 Å². The van der Waals surface area contributed by atoms with Crippen molar-refractivity contribution < 1.29 is 9.59 Å². The van der Waals surface area contributed by atoms with Gasteiger partial charge in [-0.25, -0.2) is 0 Å². The second-order valence-corrected chi connectivity index (χ2v) is 7.21. The Morgan fingerprint density at radius 2 is 1.65 bits per heavy atom. The van der Waals surface area contributed by atoms with Gasteiger partial charge in [-0.05, 0) is 26.9 Å². The highest BCUT2D eigenvalue weighted by molar-refractivity contribution is 5.91. The zero-order chi connectivity index (χ0) is 15.3. The molecule has 116 valence electrons. The Hall–Kier alpha value is -0.900. The van der Waals surface area contributed by atoms with Crippen molar-refractivity contribution in [2.24, 2.45) is 17.3 Å². The van der Waals surface area contributed by atoms with E-state index in [0.29, 0.717) is 6.54 Å². The first-order valence-corrected chi connectivity index (χ1v) is 7.70. The molecule has 0 heterocycles. The Balaban J connectivity index is 2.64. The molecule has 1 rings (SSSR count). The Bertz CT molecular complexity index is 345. The van der Waals surface area contributed by atoms with Gasteiger partial charge in [-0.15, -0.1) is 0 Å². The number of ketones is 1. The third-order valence-electron chi connectivity index (χ3n) is 4.04. The molecule has 1 aliphatic rings. The van der Waals surface area contributed by atoms with Gasteiger partial charge >= 0.3 is 0 Å². The largest absolute Gasteiger partial charge is 0.355 e. The third kappa shape index (κ3) is 4.89. The van der Waals surface area contributed by atoms with Gasteiger partial charge in [0.2, 0.25) is 5.91 Å². The van der Waals surface area contributed by atoms with Crippen LogP contribution < -0.4 is 5.32 Å². The molecule has 0 saturated heterocycles. The maximum Gasteiger partial charge on any atom is 0.223 e. The van der Waals surface area contributed by atoms with Crippen LogP contribution >= 0.6 is 0 Å². The van der Waals surface area contributed by atoms with Gasteiger partial charge < -0.3 is 10.2 Å². The number of likely N-dealkylation sites (N-methyl/N-ethyl adjacent to an activating group) is 1. The predicted octanol–water partition coefficient (Wildman–Crippen LogP) is 2.09. The molecule has 1 N–H and O–H groups in total. The van der Waals surface area contributed by atoms with Crippen molar-refractivity contribution >= 4 is 11.7 Å². The van der Waals surface area contributed by atoms with Crippen LogP contribution in [0, 0.1) is 17.3 Å². The van der Waals surface area contributed by atoms with E-state index in [1.807, 2.05) is 39.8 Å². The highest BCUT2D eigenvalue weighted by Gasteiger charge is 2.39. The van der Waals surface area contributed by atoms with Crippen molar-refractivity contribution in [1.82, 2.24) is 10.2 Å². The summed E-state index contributed by atoms with van der Waals surface area (Å²) in [7, 11) is 3.97. The van der Waals surface area contributed by atoms with Crippen LogP contribution in [0.15, 0.2) is 0 Å². The molecular weight excluding hydrogens is 252 g/mol. The Kier molecular flexibility index (Phi) is 6.18. The van der Waals surface area contributed by atoms with E-state index in [9.17, 15) is 9.59 Å². The van der Waals surface area contributed by atoms with Crippen LogP contribution in [-0.2, 0) is 9.59 Å². The lowest BCUT2D eigenvalue weighted by Crippen LogP contribution is -2.44. The number of carbonyl (C=O) groups excluding carboxylic acids is 2. The predicted molar refractivity (Wildman–Crippen MR) is 81.5 cm³/mol. The summed E-state index contributed by atoms with van der Waals surface area (Å²) >= 11 is 0. The van der Waals surface area contributed by atoms with E-state index >= 15 is 0 Å². The van der Waals surface area contributed by atoms with Crippen molar-refractivity contribution in [3.8, 4) is 0 Å². The Morgan fingerprint density at radius 1 is 1.10 bits per heavy atom. The number of rotatable bonds is 5. The van der Waals surface area contributed by atoms with Gasteiger partial charge in [-0.1, -0.05) is 33.6 Å². The van der Waals surface area contributed by atoms with Crippen LogP contribution in [0.2, 0.25) is 0 Å². The Labute approximate surface area is 123 Å². The van der Waals surface area contributed by atoms with Crippen molar-refractivity contribution in [2.75, 3.05) is 27.2 Å². The molecule has 1 saturated carbocycles. The molecule has 0 bridgehead atoms. The summed E-state index contributed by atoms with van der Waals surface area (Å²) in [4.78, 5) is 26.9. The molecule has 4 heteroatoms. The van der Waals surface area contributed by atoms with E-state index in [2.05, 4.69) is 5.32 Å². The van der Waals surface area contributed by atoms with Crippen LogP contribution in [0.1, 0.15) is 46.5 Å². The van der Waals surface area contributed by atoms with E-state index in [0.717, 1.165) is 32.2 Å². The quantitative estimate of drug-likeness (QED) is 0.840. The van der Waals surface area contributed by atoms with Crippen molar-refractivity contribution in [1.29, 1.82) is 0 Å². The normalized spacial score (nSPS) is 23.7. The summed E-state index contributed by atoms with van der Waals surface area (Å²) in [5, 5.41) is 2.99. The Morgan fingerprint density at radius 3 is 2.15 bits per heavy atom. The van der Waals surface area contributed by atoms with Crippen LogP contribution in [0.3, 0.4) is 0 Å². The lowest BCUT2D eigenvalue weighted by atomic mass is 9.70. The molecule has 20 heavy (non-hydrogen) atoms. The summed E-state index contributed by atoms with van der Waals surface area (Å²) in [5.41, 5.74) is -0.357. The van der Waals surface area contributed by atoms with E-state index < -0.39 is 0 Å². The highest BCUT2D eigenvalue weighted by Crippen LogP contribution is 2.35. The molecule has 0 aromatic carbocycles. The zero-order valence-electron chi connectivity index (χ0n) is 13.7. The number of nitrogens with zero attached hydrogens (tertiary/aromatic N) is 1. The van der Waals surface area contributed by atoms with E-state index in [1.165, 1.54) is 0 Å². The molecule has 0 radical (unpaired) electrons. The van der Waals surface area contributed by atoms with Crippen molar-refractivity contribution in [3.63, 3.8) is 0 Å². The molecule has 4 nitrogen and oxygen atoms in total. The fraction of sp³-hybridized carbons (Fsp3) is 0.875. The summed E-state index contributed by atoms with van der Waals surface area (Å²) in [5.74, 6) is 0.0832. The molecule has 0 unspecified atom stereocenters. The van der Waals surface area contributed by atoms with Gasteiger partial charge in [-0.3, -0.25) is 9.59 Å². The first kappa shape index (κ1) is 17.2. The minimum absolute atomic E-state index is 0.0640. The highest BCUT2D eigenvalue weighted by atomic mass is 16.2. The number of carbonyl (C=O) groups is 2. The molecule has 1 amide bonds. The number of hydrogen-bond donors (Lipinski definition) is 1. The second kappa shape index (κ2) is 7.21. The lowest BCUT2D eigenvalue weighted by molar-refractivity contribution is -0.139. The minimum Gasteiger partial charge on any atom is -0.355 e. The molecule has 0 aromatic heterocycles. The lowest BCUT2D eigenvalue weighted by Gasteiger charge is -2.33. The fourth-order valence-corrected chi connectivity index (χ4v) is 2.85. The van der Waals surface area contributed by atoms with Gasteiger partial charge in [-0.2, -0.15) is 0 Å². The zero-order valence-corrected chi connectivity index (χ0v) is 13.7. The molecule has 2 atom stereocenters. The van der Waals surface area contributed by atoms with Gasteiger partial charge in [0.25, 0.3) is 0 Å². The van der Waals surface area contributed by atoms with Crippen LogP contribution in [0.5, 0.6) is 0 Å². The van der Waals surface area contributed by atoms with Crippen LogP contribution in [0.4, 0.5) is 0 Å². The van der Waals surface area contributed by atoms with E-state index in [-0.39, 0.29) is 28.9 Å². The standard InChI is InChI=1S/C16H30N2O2/c1-16(2,3)14(19)12-8-6-7-9-13(12)15(20)17-10-11-18(4)5/h12-13H,6-11H2,1-5H3,(H,17,20)/t12-,13+/m0/s1. The first-order valence-electron chi connectivity index (χ1n) is 7.70. The van der Waals surface area contributed by atoms with Crippen molar-refractivity contribution in [2.45, 2.75) is 46.5 Å². The van der Waals surface area contributed by atoms with Crippen LogP contribution in [-0.4, -0.2) is 43.8 Å². The molecule has 0 aromatic rings. The van der Waals surface area contributed by atoms with E-state index in [4.69, 9.17) is 0 Å². The maximum atomic E-state index is 12.5. The molecular formula is C16H30N2O2. The average molecular weight is 282 g/mol. The van der Waals surface area contributed by atoms with Crippen molar-refractivity contribution in [3.05, 3.63) is 0 Å². The topological polar surface area (TPSA) is 49.4 Å². The maximum absolute atomic E-state index is 12.5. The molecule has 0 spiro atoms. The summed E-state index contributed by atoms with van der Waals surface area (Å²) < 4.78 is 0. The molecule has 1 aliphatic carbocycles. The summed E-state index contributed by atoms with van der Waals surface area (Å²) in [6.07, 6.45) is 3.83. The second-order valence-electron chi connectivity index (χ2n) is 7.21. The molecule has 0 aliphatic heterocycles. The van der Waals surface area contributed by atoms with Gasteiger partial charge in [0.1, 0.15) is 5.78 Å². The summed E-state index contributed by atoms with van der Waals surface area (Å²) in [6, 6.07) is 0. The number of amides is 1. The third-order valence-corrected chi connectivity index (χ3v) is 4.04. The first-order chi connectivity index (χ1) is 9.23.